The summed E-state index contributed by atoms with van der Waals surface area (Å²) in [4.78, 5) is 11.0. The van der Waals surface area contributed by atoms with E-state index in [-0.39, 0.29) is 11.5 Å². The lowest BCUT2D eigenvalue weighted by Gasteiger charge is -2.09. The molecule has 0 saturated heterocycles. The van der Waals surface area contributed by atoms with Gasteiger partial charge in [0.25, 0.3) is 15.0 Å². The predicted molar refractivity (Wildman–Crippen MR) is 69.0 cm³/mol. The third kappa shape index (κ3) is 2.93. The van der Waals surface area contributed by atoms with E-state index in [1.807, 2.05) is 13.8 Å². The molecule has 1 aromatic carbocycles. The summed E-state index contributed by atoms with van der Waals surface area (Å²) in [6.45, 7) is 3.85. The first-order valence-corrected chi connectivity index (χ1v) is 8.08. The molecule has 110 valence electrons. The summed E-state index contributed by atoms with van der Waals surface area (Å²) in [6.07, 6.45) is 0.738. The smallest absolute Gasteiger partial charge is 0.264 e. The Morgan fingerprint density at radius 2 is 1.90 bits per heavy atom. The zero-order chi connectivity index (χ0) is 15.3. The van der Waals surface area contributed by atoms with E-state index in [4.69, 9.17) is 10.7 Å². The van der Waals surface area contributed by atoms with Crippen LogP contribution < -0.4 is 5.32 Å². The molecule has 1 fully saturated rings. The fraction of sp³-hybridized carbons (Fsp3) is 0.417. The van der Waals surface area contributed by atoms with E-state index < -0.39 is 37.1 Å². The topological polar surface area (TPSA) is 63.2 Å². The Hall–Kier alpha value is -1.21. The predicted octanol–water partition coefficient (Wildman–Crippen LogP) is 2.42. The highest BCUT2D eigenvalue weighted by molar-refractivity contribution is 8.13. The molecule has 1 aromatic rings. The maximum Gasteiger partial charge on any atom is 0.264 e. The minimum atomic E-state index is -4.39. The first-order valence-electron chi connectivity index (χ1n) is 5.77. The van der Waals surface area contributed by atoms with Crippen molar-refractivity contribution < 1.29 is 22.0 Å². The molecule has 1 saturated carbocycles. The van der Waals surface area contributed by atoms with Gasteiger partial charge < -0.3 is 5.32 Å². The van der Waals surface area contributed by atoms with E-state index in [9.17, 15) is 22.0 Å². The molecule has 0 aromatic heterocycles. The molecular formula is C12H12ClF2NO3S. The maximum absolute atomic E-state index is 13.6. The molecule has 1 unspecified atom stereocenters. The number of carbonyl (C=O) groups is 1. The molecule has 0 spiro atoms. The van der Waals surface area contributed by atoms with Gasteiger partial charge in [0.1, 0.15) is 16.5 Å². The molecule has 20 heavy (non-hydrogen) atoms. The van der Waals surface area contributed by atoms with Crippen LogP contribution in [-0.4, -0.2) is 20.4 Å². The highest BCUT2D eigenvalue weighted by Crippen LogP contribution is 2.44. The van der Waals surface area contributed by atoms with Crippen molar-refractivity contribution in [1.29, 1.82) is 0 Å². The van der Waals surface area contributed by atoms with Gasteiger partial charge in [-0.2, -0.15) is 0 Å². The number of rotatable bonds is 3. The average Bonchev–Trinajstić information content (AvgIpc) is 2.83. The van der Waals surface area contributed by atoms with Gasteiger partial charge in [-0.3, -0.25) is 4.79 Å². The number of hydrogen-bond donors (Lipinski definition) is 1. The van der Waals surface area contributed by atoms with Crippen LogP contribution in [0.15, 0.2) is 17.0 Å². The monoisotopic (exact) mass is 323 g/mol. The first-order chi connectivity index (χ1) is 9.02. The van der Waals surface area contributed by atoms with Gasteiger partial charge in [0.05, 0.1) is 5.56 Å². The summed E-state index contributed by atoms with van der Waals surface area (Å²) in [5.74, 6) is -3.26. The second kappa shape index (κ2) is 4.66. The van der Waals surface area contributed by atoms with Crippen molar-refractivity contribution in [3.8, 4) is 0 Å². The maximum atomic E-state index is 13.6. The molecular weight excluding hydrogens is 312 g/mol. The largest absolute Gasteiger partial charge is 0.349 e. The number of halogens is 3. The van der Waals surface area contributed by atoms with Crippen molar-refractivity contribution in [2.24, 2.45) is 5.41 Å². The van der Waals surface area contributed by atoms with Crippen molar-refractivity contribution in [3.05, 3.63) is 29.3 Å². The van der Waals surface area contributed by atoms with Gasteiger partial charge >= 0.3 is 0 Å². The molecule has 1 aliphatic rings. The van der Waals surface area contributed by atoms with E-state index in [2.05, 4.69) is 5.32 Å². The fourth-order valence-electron chi connectivity index (χ4n) is 1.84. The fourth-order valence-corrected chi connectivity index (χ4v) is 2.74. The third-order valence-corrected chi connectivity index (χ3v) is 4.68. The van der Waals surface area contributed by atoms with Crippen LogP contribution in [-0.2, 0) is 9.05 Å². The van der Waals surface area contributed by atoms with Crippen LogP contribution >= 0.6 is 10.7 Å². The van der Waals surface area contributed by atoms with Gasteiger partial charge in [-0.1, -0.05) is 13.8 Å². The minimum Gasteiger partial charge on any atom is -0.349 e. The standard InChI is InChI=1S/C12H12ClF2NO3S/c1-12(2)5-10(12)16-11(17)6-3-9(20(13,18)19)8(15)4-7(6)14/h3-4,10H,5H2,1-2H3,(H,16,17). The van der Waals surface area contributed by atoms with E-state index >= 15 is 0 Å². The SMILES string of the molecule is CC1(C)CC1NC(=O)c1cc(S(=O)(=O)Cl)c(F)cc1F. The Bertz CT molecular complexity index is 688. The summed E-state index contributed by atoms with van der Waals surface area (Å²) >= 11 is 0. The quantitative estimate of drug-likeness (QED) is 0.869. The van der Waals surface area contributed by atoms with Crippen LogP contribution in [0.1, 0.15) is 30.6 Å². The third-order valence-electron chi connectivity index (χ3n) is 3.35. The Kier molecular flexibility index (Phi) is 3.54. The highest BCUT2D eigenvalue weighted by atomic mass is 35.7. The van der Waals surface area contributed by atoms with Crippen molar-refractivity contribution in [3.63, 3.8) is 0 Å². The Morgan fingerprint density at radius 3 is 2.35 bits per heavy atom. The van der Waals surface area contributed by atoms with Crippen LogP contribution in [0.25, 0.3) is 0 Å². The zero-order valence-electron chi connectivity index (χ0n) is 10.7. The second-order valence-corrected chi connectivity index (χ2v) is 7.95. The summed E-state index contributed by atoms with van der Waals surface area (Å²) in [7, 11) is 0.643. The molecule has 0 heterocycles. The van der Waals surface area contributed by atoms with Gasteiger partial charge in [-0.15, -0.1) is 0 Å². The lowest BCUT2D eigenvalue weighted by molar-refractivity contribution is 0.0942. The van der Waals surface area contributed by atoms with Gasteiger partial charge in [-0.25, -0.2) is 17.2 Å². The number of nitrogens with one attached hydrogen (secondary N) is 1. The molecule has 2 rings (SSSR count). The summed E-state index contributed by atoms with van der Waals surface area (Å²) < 4.78 is 49.2. The first kappa shape index (κ1) is 15.2. The number of amides is 1. The molecule has 4 nitrogen and oxygen atoms in total. The molecule has 8 heteroatoms. The zero-order valence-corrected chi connectivity index (χ0v) is 12.3. The van der Waals surface area contributed by atoms with Crippen LogP contribution in [0.3, 0.4) is 0 Å². The Morgan fingerprint density at radius 1 is 1.35 bits per heavy atom. The van der Waals surface area contributed by atoms with Gasteiger partial charge in [-0.05, 0) is 17.9 Å². The number of carbonyl (C=O) groups excluding carboxylic acids is 1. The van der Waals surface area contributed by atoms with Gasteiger partial charge in [0.2, 0.25) is 0 Å². The lowest BCUT2D eigenvalue weighted by atomic mass is 10.1. The number of benzene rings is 1. The van der Waals surface area contributed by atoms with Crippen molar-refractivity contribution in [1.82, 2.24) is 5.32 Å². The van der Waals surface area contributed by atoms with E-state index in [1.165, 1.54) is 0 Å². The molecule has 1 amide bonds. The molecule has 1 N–H and O–H groups in total. The summed E-state index contributed by atoms with van der Waals surface area (Å²) in [6, 6.07) is 0.829. The molecule has 0 radical (unpaired) electrons. The average molecular weight is 324 g/mol. The van der Waals surface area contributed by atoms with Crippen molar-refractivity contribution in [2.75, 3.05) is 0 Å². The van der Waals surface area contributed by atoms with Crippen molar-refractivity contribution >= 4 is 25.6 Å². The molecule has 0 aliphatic heterocycles. The van der Waals surface area contributed by atoms with Crippen LogP contribution in [0, 0.1) is 17.0 Å². The molecule has 0 bridgehead atoms. The second-order valence-electron chi connectivity index (χ2n) is 5.42. The molecule has 1 atom stereocenters. The minimum absolute atomic E-state index is 0.0758. The Labute approximate surface area is 119 Å². The van der Waals surface area contributed by atoms with E-state index in [0.717, 1.165) is 6.42 Å². The van der Waals surface area contributed by atoms with E-state index in [0.29, 0.717) is 12.1 Å². The van der Waals surface area contributed by atoms with Crippen LogP contribution in [0.2, 0.25) is 0 Å². The summed E-state index contributed by atoms with van der Waals surface area (Å²) in [5, 5.41) is 2.56. The Balaban J connectivity index is 2.34. The van der Waals surface area contributed by atoms with Crippen LogP contribution in [0.4, 0.5) is 8.78 Å². The van der Waals surface area contributed by atoms with Gasteiger partial charge in [0.15, 0.2) is 0 Å². The summed E-state index contributed by atoms with van der Waals surface area (Å²) in [5.41, 5.74) is -0.624. The normalized spacial score (nSPS) is 20.6. The van der Waals surface area contributed by atoms with Crippen molar-refractivity contribution in [2.45, 2.75) is 31.2 Å². The van der Waals surface area contributed by atoms with E-state index in [1.54, 1.807) is 0 Å². The molecule has 1 aliphatic carbocycles. The van der Waals surface area contributed by atoms with Gasteiger partial charge in [0, 0.05) is 22.8 Å². The lowest BCUT2D eigenvalue weighted by Crippen LogP contribution is -2.29. The highest BCUT2D eigenvalue weighted by Gasteiger charge is 2.46. The number of hydrogen-bond acceptors (Lipinski definition) is 3. The van der Waals surface area contributed by atoms with Crippen LogP contribution in [0.5, 0.6) is 0 Å².